The summed E-state index contributed by atoms with van der Waals surface area (Å²) in [6.45, 7) is 0. The van der Waals surface area contributed by atoms with Crippen molar-refractivity contribution >= 4 is 28.4 Å². The highest BCUT2D eigenvalue weighted by Gasteiger charge is 2.37. The van der Waals surface area contributed by atoms with Crippen LogP contribution in [0.4, 0.5) is 59.2 Å². The average molecular weight is 489 g/mol. The van der Waals surface area contributed by atoms with Crippen LogP contribution in [0.2, 0.25) is 0 Å². The number of anilines is 3. The molecule has 0 saturated heterocycles. The zero-order valence-electron chi connectivity index (χ0n) is 16.4. The second-order valence-electron chi connectivity index (χ2n) is 6.73. The van der Waals surface area contributed by atoms with E-state index < -0.39 is 61.9 Å². The molecular weight excluding hydrogens is 479 g/mol. The first kappa shape index (κ1) is 24.4. The Labute approximate surface area is 185 Å². The minimum Gasteiger partial charge on any atom is -0.298 e. The van der Waals surface area contributed by atoms with Gasteiger partial charge in [-0.1, -0.05) is 0 Å². The number of hydrogen-bond acceptors (Lipinski definition) is 5. The first-order valence-corrected chi connectivity index (χ1v) is 8.97. The first-order valence-electron chi connectivity index (χ1n) is 8.97. The van der Waals surface area contributed by atoms with Gasteiger partial charge in [0.05, 0.1) is 21.0 Å². The van der Waals surface area contributed by atoms with Crippen LogP contribution in [0.15, 0.2) is 60.7 Å². The molecule has 3 aromatic rings. The zero-order chi connectivity index (χ0) is 25.4. The van der Waals surface area contributed by atoms with E-state index in [-0.39, 0.29) is 17.8 Å². The van der Waals surface area contributed by atoms with Gasteiger partial charge in [-0.15, -0.1) is 0 Å². The quantitative estimate of drug-likeness (QED) is 0.216. The van der Waals surface area contributed by atoms with E-state index >= 15 is 0 Å². The van der Waals surface area contributed by atoms with Gasteiger partial charge < -0.3 is 0 Å². The number of halogens is 7. The Morgan fingerprint density at radius 1 is 0.647 bits per heavy atom. The predicted octanol–water partition coefficient (Wildman–Crippen LogP) is 7.15. The summed E-state index contributed by atoms with van der Waals surface area (Å²) < 4.78 is 92.1. The maximum Gasteiger partial charge on any atom is 0.416 e. The lowest BCUT2D eigenvalue weighted by atomic mass is 10.1. The Kier molecular flexibility index (Phi) is 6.18. The normalized spacial score (nSPS) is 11.9. The van der Waals surface area contributed by atoms with Gasteiger partial charge in [-0.3, -0.25) is 25.1 Å². The highest BCUT2D eigenvalue weighted by Crippen LogP contribution is 2.46. The van der Waals surface area contributed by atoms with Crippen molar-refractivity contribution in [3.05, 3.63) is 97.8 Å². The van der Waals surface area contributed by atoms with Crippen LogP contribution in [-0.2, 0) is 12.4 Å². The number of benzene rings is 3. The summed E-state index contributed by atoms with van der Waals surface area (Å²) in [4.78, 5) is 21.5. The third-order valence-corrected chi connectivity index (χ3v) is 4.57. The molecule has 0 heterocycles. The largest absolute Gasteiger partial charge is 0.416 e. The van der Waals surface area contributed by atoms with Crippen molar-refractivity contribution in [3.63, 3.8) is 0 Å². The highest BCUT2D eigenvalue weighted by molar-refractivity contribution is 5.86. The van der Waals surface area contributed by atoms with E-state index in [2.05, 4.69) is 0 Å². The summed E-state index contributed by atoms with van der Waals surface area (Å²) in [5.41, 5.74) is -6.55. The molecule has 0 amide bonds. The van der Waals surface area contributed by atoms with Gasteiger partial charge in [0, 0.05) is 17.8 Å². The van der Waals surface area contributed by atoms with Crippen LogP contribution in [0.25, 0.3) is 0 Å². The van der Waals surface area contributed by atoms with Gasteiger partial charge >= 0.3 is 12.4 Å². The number of rotatable bonds is 5. The second-order valence-corrected chi connectivity index (χ2v) is 6.73. The summed E-state index contributed by atoms with van der Waals surface area (Å²) in [5.74, 6) is -0.785. The van der Waals surface area contributed by atoms with Crippen LogP contribution in [0, 0.1) is 26.0 Å². The molecular formula is C20H10F7N3O4. The molecule has 0 unspecified atom stereocenters. The number of nitro benzene ring substituents is 2. The third kappa shape index (κ3) is 4.89. The van der Waals surface area contributed by atoms with Crippen molar-refractivity contribution in [3.8, 4) is 0 Å². The van der Waals surface area contributed by atoms with Crippen molar-refractivity contribution in [1.82, 2.24) is 0 Å². The zero-order valence-corrected chi connectivity index (χ0v) is 16.4. The number of nitrogens with zero attached hydrogens (tertiary/aromatic N) is 3. The fraction of sp³-hybridized carbons (Fsp3) is 0.100. The van der Waals surface area contributed by atoms with Gasteiger partial charge in [0.25, 0.3) is 11.4 Å². The van der Waals surface area contributed by atoms with Gasteiger partial charge in [-0.2, -0.15) is 26.3 Å². The van der Waals surface area contributed by atoms with Crippen molar-refractivity contribution < 1.29 is 40.6 Å². The van der Waals surface area contributed by atoms with Crippen molar-refractivity contribution in [1.29, 1.82) is 0 Å². The second kappa shape index (κ2) is 8.61. The number of hydrogen-bond donors (Lipinski definition) is 0. The summed E-state index contributed by atoms with van der Waals surface area (Å²) in [5, 5.41) is 23.2. The number of alkyl halides is 6. The molecule has 0 radical (unpaired) electrons. The average Bonchev–Trinajstić information content (AvgIpc) is 2.74. The Morgan fingerprint density at radius 2 is 1.03 bits per heavy atom. The minimum absolute atomic E-state index is 0.182. The molecule has 0 aliphatic rings. The summed E-state index contributed by atoms with van der Waals surface area (Å²) in [7, 11) is 0. The molecule has 0 aromatic heterocycles. The SMILES string of the molecule is O=[N+]([O-])c1cc(C(F)(F)F)ccc1N(c1ccc(F)cc1)c1ccc(C(F)(F)F)cc1[N+](=O)[O-]. The molecule has 0 aliphatic heterocycles. The summed E-state index contributed by atoms with van der Waals surface area (Å²) in [6, 6.07) is 6.29. The maximum absolute atomic E-state index is 13.5. The molecule has 0 bridgehead atoms. The van der Waals surface area contributed by atoms with Gasteiger partial charge in [0.15, 0.2) is 0 Å². The molecule has 3 aromatic carbocycles. The smallest absolute Gasteiger partial charge is 0.298 e. The van der Waals surface area contributed by atoms with Gasteiger partial charge in [-0.05, 0) is 48.5 Å². The maximum atomic E-state index is 13.5. The Balaban J connectivity index is 2.37. The van der Waals surface area contributed by atoms with E-state index in [4.69, 9.17) is 0 Å². The van der Waals surface area contributed by atoms with Gasteiger partial charge in [-0.25, -0.2) is 4.39 Å². The van der Waals surface area contributed by atoms with E-state index in [0.29, 0.717) is 29.2 Å². The fourth-order valence-electron chi connectivity index (χ4n) is 3.07. The Bertz CT molecular complexity index is 1180. The molecule has 0 saturated carbocycles. The lowest BCUT2D eigenvalue weighted by molar-refractivity contribution is -0.384. The minimum atomic E-state index is -4.97. The molecule has 34 heavy (non-hydrogen) atoms. The van der Waals surface area contributed by atoms with Gasteiger partial charge in [0.2, 0.25) is 0 Å². The molecule has 0 atom stereocenters. The van der Waals surface area contributed by atoms with E-state index in [0.717, 1.165) is 24.3 Å². The van der Waals surface area contributed by atoms with Crippen LogP contribution in [0.5, 0.6) is 0 Å². The van der Waals surface area contributed by atoms with Crippen molar-refractivity contribution in [2.24, 2.45) is 0 Å². The molecule has 14 heteroatoms. The number of nitro groups is 2. The van der Waals surface area contributed by atoms with Crippen LogP contribution in [-0.4, -0.2) is 9.85 Å². The molecule has 0 N–H and O–H groups in total. The van der Waals surface area contributed by atoms with Crippen LogP contribution in [0.3, 0.4) is 0 Å². The highest BCUT2D eigenvalue weighted by atomic mass is 19.4. The van der Waals surface area contributed by atoms with E-state index in [1.807, 2.05) is 0 Å². The van der Waals surface area contributed by atoms with Crippen LogP contribution in [0.1, 0.15) is 11.1 Å². The molecule has 0 fully saturated rings. The molecule has 7 nitrogen and oxygen atoms in total. The Morgan fingerprint density at radius 3 is 1.35 bits per heavy atom. The van der Waals surface area contributed by atoms with Crippen molar-refractivity contribution in [2.45, 2.75) is 12.4 Å². The monoisotopic (exact) mass is 489 g/mol. The van der Waals surface area contributed by atoms with Crippen LogP contribution >= 0.6 is 0 Å². The molecule has 3 rings (SSSR count). The molecule has 0 spiro atoms. The first-order chi connectivity index (χ1) is 15.7. The Hall–Kier alpha value is -4.23. The topological polar surface area (TPSA) is 89.5 Å². The third-order valence-electron chi connectivity index (χ3n) is 4.57. The summed E-state index contributed by atoms with van der Waals surface area (Å²) in [6.07, 6.45) is -9.94. The standard InChI is InChI=1S/C20H10F7N3O4/c21-13-3-5-14(6-4-13)28(15-7-1-11(19(22,23)24)9-17(15)29(31)32)16-8-2-12(20(25,26)27)10-18(16)30(33)34/h1-10H. The van der Waals surface area contributed by atoms with E-state index in [1.54, 1.807) is 0 Å². The van der Waals surface area contributed by atoms with Crippen molar-refractivity contribution in [2.75, 3.05) is 4.90 Å². The lowest BCUT2D eigenvalue weighted by Crippen LogP contribution is -2.16. The van der Waals surface area contributed by atoms with E-state index in [9.17, 15) is 51.0 Å². The van der Waals surface area contributed by atoms with Gasteiger partial charge in [0.1, 0.15) is 17.2 Å². The lowest BCUT2D eigenvalue weighted by Gasteiger charge is -2.25. The molecule has 178 valence electrons. The predicted molar refractivity (Wildman–Crippen MR) is 104 cm³/mol. The molecule has 0 aliphatic carbocycles. The fourth-order valence-corrected chi connectivity index (χ4v) is 3.07. The van der Waals surface area contributed by atoms with E-state index in [1.165, 1.54) is 0 Å². The van der Waals surface area contributed by atoms with Crippen LogP contribution < -0.4 is 4.90 Å². The summed E-state index contributed by atoms with van der Waals surface area (Å²) >= 11 is 0.